The molecular formula is C12H12N4O. The molecule has 0 aliphatic carbocycles. The third-order valence-corrected chi connectivity index (χ3v) is 2.71. The maximum absolute atomic E-state index is 5.70. The standard InChI is InChI=1S/C12H12N4O/c1-8(16-6-2-5-14-16)12-15-10-4-3-9(13)7-11(10)17-12/h2-8H,13H2,1H3. The van der Waals surface area contributed by atoms with Crippen LogP contribution in [0.2, 0.25) is 0 Å². The summed E-state index contributed by atoms with van der Waals surface area (Å²) in [6.07, 6.45) is 3.62. The summed E-state index contributed by atoms with van der Waals surface area (Å²) in [6, 6.07) is 7.29. The predicted octanol–water partition coefficient (Wildman–Crippen LogP) is 2.22. The molecule has 1 unspecified atom stereocenters. The first-order chi connectivity index (χ1) is 8.24. The Morgan fingerprint density at radius 3 is 3.06 bits per heavy atom. The zero-order chi connectivity index (χ0) is 11.8. The number of nitrogens with zero attached hydrogens (tertiary/aromatic N) is 3. The van der Waals surface area contributed by atoms with E-state index in [-0.39, 0.29) is 6.04 Å². The van der Waals surface area contributed by atoms with E-state index in [1.807, 2.05) is 31.3 Å². The van der Waals surface area contributed by atoms with E-state index in [2.05, 4.69) is 10.1 Å². The van der Waals surface area contributed by atoms with Gasteiger partial charge in [-0.1, -0.05) is 0 Å². The van der Waals surface area contributed by atoms with E-state index in [1.54, 1.807) is 16.9 Å². The molecule has 0 spiro atoms. The fourth-order valence-electron chi connectivity index (χ4n) is 1.76. The van der Waals surface area contributed by atoms with Crippen molar-refractivity contribution in [3.8, 4) is 0 Å². The van der Waals surface area contributed by atoms with E-state index in [4.69, 9.17) is 10.2 Å². The lowest BCUT2D eigenvalue weighted by atomic mass is 10.3. The van der Waals surface area contributed by atoms with Crippen molar-refractivity contribution in [3.05, 3.63) is 42.5 Å². The number of nitrogens with two attached hydrogens (primary N) is 1. The molecule has 0 bridgehead atoms. The highest BCUT2D eigenvalue weighted by Gasteiger charge is 2.15. The molecule has 0 saturated heterocycles. The molecule has 5 heteroatoms. The van der Waals surface area contributed by atoms with Gasteiger partial charge in [-0.05, 0) is 25.1 Å². The zero-order valence-electron chi connectivity index (χ0n) is 9.37. The van der Waals surface area contributed by atoms with Crippen LogP contribution < -0.4 is 5.73 Å². The van der Waals surface area contributed by atoms with Gasteiger partial charge in [-0.15, -0.1) is 0 Å². The minimum atomic E-state index is -0.0291. The first kappa shape index (κ1) is 9.89. The quantitative estimate of drug-likeness (QED) is 0.683. The van der Waals surface area contributed by atoms with Gasteiger partial charge in [-0.2, -0.15) is 5.10 Å². The van der Waals surface area contributed by atoms with Crippen molar-refractivity contribution >= 4 is 16.8 Å². The summed E-state index contributed by atoms with van der Waals surface area (Å²) in [6.45, 7) is 1.99. The average Bonchev–Trinajstić information content (AvgIpc) is 2.96. The van der Waals surface area contributed by atoms with Gasteiger partial charge in [-0.3, -0.25) is 4.68 Å². The number of rotatable bonds is 2. The average molecular weight is 228 g/mol. The Morgan fingerprint density at radius 1 is 1.41 bits per heavy atom. The molecule has 3 rings (SSSR count). The monoisotopic (exact) mass is 228 g/mol. The van der Waals surface area contributed by atoms with Crippen LogP contribution in [-0.4, -0.2) is 14.8 Å². The molecule has 2 N–H and O–H groups in total. The van der Waals surface area contributed by atoms with Crippen molar-refractivity contribution in [1.29, 1.82) is 0 Å². The van der Waals surface area contributed by atoms with Crippen molar-refractivity contribution in [3.63, 3.8) is 0 Å². The Morgan fingerprint density at radius 2 is 2.29 bits per heavy atom. The van der Waals surface area contributed by atoms with Gasteiger partial charge in [-0.25, -0.2) is 4.98 Å². The summed E-state index contributed by atoms with van der Waals surface area (Å²) in [4.78, 5) is 4.43. The predicted molar refractivity (Wildman–Crippen MR) is 64.5 cm³/mol. The highest BCUT2D eigenvalue weighted by atomic mass is 16.3. The van der Waals surface area contributed by atoms with E-state index < -0.39 is 0 Å². The van der Waals surface area contributed by atoms with Crippen LogP contribution in [-0.2, 0) is 0 Å². The smallest absolute Gasteiger partial charge is 0.220 e. The molecule has 2 heterocycles. The number of anilines is 1. The van der Waals surface area contributed by atoms with E-state index >= 15 is 0 Å². The Kier molecular flexibility index (Phi) is 2.11. The summed E-state index contributed by atoms with van der Waals surface area (Å²) >= 11 is 0. The van der Waals surface area contributed by atoms with Gasteiger partial charge in [0.15, 0.2) is 5.58 Å². The van der Waals surface area contributed by atoms with Crippen molar-refractivity contribution in [1.82, 2.24) is 14.8 Å². The molecule has 5 nitrogen and oxygen atoms in total. The van der Waals surface area contributed by atoms with Gasteiger partial charge < -0.3 is 10.2 Å². The third-order valence-electron chi connectivity index (χ3n) is 2.71. The lowest BCUT2D eigenvalue weighted by molar-refractivity contribution is 0.428. The highest BCUT2D eigenvalue weighted by Crippen LogP contribution is 2.23. The lowest BCUT2D eigenvalue weighted by Crippen LogP contribution is -2.07. The Bertz CT molecular complexity index is 642. The Balaban J connectivity index is 2.06. The number of hydrogen-bond acceptors (Lipinski definition) is 4. The van der Waals surface area contributed by atoms with Crippen LogP contribution in [0.15, 0.2) is 41.1 Å². The second kappa shape index (κ2) is 3.62. The van der Waals surface area contributed by atoms with E-state index in [0.29, 0.717) is 17.2 Å². The maximum atomic E-state index is 5.70. The van der Waals surface area contributed by atoms with E-state index in [9.17, 15) is 0 Å². The molecule has 1 aromatic carbocycles. The fourth-order valence-corrected chi connectivity index (χ4v) is 1.76. The van der Waals surface area contributed by atoms with Crippen molar-refractivity contribution < 1.29 is 4.42 Å². The number of nitrogen functional groups attached to an aromatic ring is 1. The molecule has 17 heavy (non-hydrogen) atoms. The van der Waals surface area contributed by atoms with Crippen LogP contribution in [0.4, 0.5) is 5.69 Å². The number of aromatic nitrogens is 3. The lowest BCUT2D eigenvalue weighted by Gasteiger charge is -2.06. The minimum Gasteiger partial charge on any atom is -0.438 e. The van der Waals surface area contributed by atoms with Crippen molar-refractivity contribution in [2.24, 2.45) is 0 Å². The first-order valence-electron chi connectivity index (χ1n) is 5.39. The summed E-state index contributed by atoms with van der Waals surface area (Å²) in [5.74, 6) is 0.634. The molecule has 0 fully saturated rings. The molecule has 0 aliphatic heterocycles. The molecule has 0 amide bonds. The minimum absolute atomic E-state index is 0.0291. The largest absolute Gasteiger partial charge is 0.438 e. The van der Waals surface area contributed by atoms with Gasteiger partial charge in [0.25, 0.3) is 0 Å². The normalized spacial score (nSPS) is 13.0. The molecule has 0 aliphatic rings. The zero-order valence-corrected chi connectivity index (χ0v) is 9.37. The SMILES string of the molecule is CC(c1nc2ccc(N)cc2o1)n1cccn1. The van der Waals surface area contributed by atoms with Gasteiger partial charge >= 0.3 is 0 Å². The summed E-state index contributed by atoms with van der Waals surface area (Å²) in [7, 11) is 0. The summed E-state index contributed by atoms with van der Waals surface area (Å²) in [5.41, 5.74) is 7.89. The molecule has 0 saturated carbocycles. The molecule has 0 radical (unpaired) electrons. The highest BCUT2D eigenvalue weighted by molar-refractivity contribution is 5.76. The van der Waals surface area contributed by atoms with Gasteiger partial charge in [0.05, 0.1) is 0 Å². The van der Waals surface area contributed by atoms with E-state index in [0.717, 1.165) is 5.52 Å². The number of oxazole rings is 1. The number of hydrogen-bond donors (Lipinski definition) is 1. The summed E-state index contributed by atoms with van der Waals surface area (Å²) in [5, 5.41) is 4.17. The van der Waals surface area contributed by atoms with Crippen LogP contribution in [0.25, 0.3) is 11.1 Å². The van der Waals surface area contributed by atoms with Gasteiger partial charge in [0, 0.05) is 24.1 Å². The van der Waals surface area contributed by atoms with Gasteiger partial charge in [0.1, 0.15) is 11.6 Å². The van der Waals surface area contributed by atoms with Crippen LogP contribution >= 0.6 is 0 Å². The van der Waals surface area contributed by atoms with Crippen LogP contribution in [0.3, 0.4) is 0 Å². The Labute approximate surface area is 97.9 Å². The second-order valence-corrected chi connectivity index (χ2v) is 3.94. The van der Waals surface area contributed by atoms with E-state index in [1.165, 1.54) is 0 Å². The van der Waals surface area contributed by atoms with Crippen LogP contribution in [0, 0.1) is 0 Å². The fraction of sp³-hybridized carbons (Fsp3) is 0.167. The van der Waals surface area contributed by atoms with Gasteiger partial charge in [0.2, 0.25) is 5.89 Å². The Hall–Kier alpha value is -2.30. The molecule has 2 aromatic heterocycles. The van der Waals surface area contributed by atoms with Crippen LogP contribution in [0.5, 0.6) is 0 Å². The summed E-state index contributed by atoms with van der Waals surface area (Å²) < 4.78 is 7.48. The molecule has 3 aromatic rings. The van der Waals surface area contributed by atoms with Crippen molar-refractivity contribution in [2.75, 3.05) is 5.73 Å². The molecular weight excluding hydrogens is 216 g/mol. The molecule has 1 atom stereocenters. The second-order valence-electron chi connectivity index (χ2n) is 3.94. The maximum Gasteiger partial charge on any atom is 0.220 e. The first-order valence-corrected chi connectivity index (χ1v) is 5.39. The topological polar surface area (TPSA) is 69.9 Å². The molecule has 86 valence electrons. The third kappa shape index (κ3) is 1.65. The van der Waals surface area contributed by atoms with Crippen LogP contribution in [0.1, 0.15) is 18.9 Å². The van der Waals surface area contributed by atoms with Crippen molar-refractivity contribution in [2.45, 2.75) is 13.0 Å². The number of benzene rings is 1. The number of fused-ring (bicyclic) bond motifs is 1.